The van der Waals surface area contributed by atoms with Gasteiger partial charge in [0, 0.05) is 18.6 Å². The normalized spacial score (nSPS) is 38.1. The number of rotatable bonds is 5. The molecule has 6 N–H and O–H groups in total. The topological polar surface area (TPSA) is 97.5 Å². The molecule has 0 bridgehead atoms. The van der Waals surface area contributed by atoms with Crippen molar-refractivity contribution in [3.8, 4) is 0 Å². The maximum Gasteiger partial charge on any atom is 0.317 e. The first-order valence-corrected chi connectivity index (χ1v) is 9.06. The molecule has 23 heavy (non-hydrogen) atoms. The van der Waals surface area contributed by atoms with Gasteiger partial charge in [0.05, 0.1) is 23.5 Å². The molecule has 2 amide bonds. The lowest BCUT2D eigenvalue weighted by molar-refractivity contribution is 0.178. The SMILES string of the molecule is CC1CC(NCCO)NC(NC(=O)NC2CCC(Cl)C(Cl)C2)N1. The Balaban J connectivity index is 1.75. The van der Waals surface area contributed by atoms with E-state index in [1.54, 1.807) is 0 Å². The van der Waals surface area contributed by atoms with E-state index in [-0.39, 0.29) is 47.9 Å². The van der Waals surface area contributed by atoms with Gasteiger partial charge in [-0.3, -0.25) is 16.0 Å². The Labute approximate surface area is 147 Å². The average molecular weight is 368 g/mol. The molecule has 0 aromatic rings. The summed E-state index contributed by atoms with van der Waals surface area (Å²) in [5.74, 6) is 0. The maximum absolute atomic E-state index is 12.2. The Kier molecular flexibility index (Phi) is 7.65. The van der Waals surface area contributed by atoms with Crippen LogP contribution in [0.1, 0.15) is 32.6 Å². The molecule has 1 saturated heterocycles. The third-order valence-electron chi connectivity index (χ3n) is 4.21. The van der Waals surface area contributed by atoms with Crippen molar-refractivity contribution in [2.75, 3.05) is 13.2 Å². The number of hydrogen-bond acceptors (Lipinski definition) is 5. The number of halogens is 2. The van der Waals surface area contributed by atoms with Crippen LogP contribution in [-0.2, 0) is 0 Å². The lowest BCUT2D eigenvalue weighted by atomic mass is 9.95. The number of nitrogens with one attached hydrogen (secondary N) is 5. The molecule has 7 nitrogen and oxygen atoms in total. The van der Waals surface area contributed by atoms with E-state index in [0.29, 0.717) is 13.0 Å². The largest absolute Gasteiger partial charge is 0.395 e. The summed E-state index contributed by atoms with van der Waals surface area (Å²) in [6, 6.07) is 0.0698. The number of carbonyl (C=O) groups excluding carboxylic acids is 1. The number of carbonyl (C=O) groups is 1. The number of aliphatic hydroxyl groups is 1. The highest BCUT2D eigenvalue weighted by atomic mass is 35.5. The third-order valence-corrected chi connectivity index (χ3v) is 5.35. The number of urea groups is 1. The van der Waals surface area contributed by atoms with Gasteiger partial charge in [0.25, 0.3) is 0 Å². The second-order valence-electron chi connectivity index (χ2n) is 6.29. The molecule has 134 valence electrons. The first kappa shape index (κ1) is 19.0. The summed E-state index contributed by atoms with van der Waals surface area (Å²) in [5.41, 5.74) is 0. The van der Waals surface area contributed by atoms with Gasteiger partial charge in [-0.15, -0.1) is 23.2 Å². The van der Waals surface area contributed by atoms with Crippen LogP contribution in [0.25, 0.3) is 0 Å². The zero-order valence-corrected chi connectivity index (χ0v) is 14.8. The predicted molar refractivity (Wildman–Crippen MR) is 91.6 cm³/mol. The molecule has 2 aliphatic rings. The maximum atomic E-state index is 12.2. The van der Waals surface area contributed by atoms with Gasteiger partial charge in [-0.2, -0.15) is 0 Å². The fraction of sp³-hybridized carbons (Fsp3) is 0.929. The van der Waals surface area contributed by atoms with Crippen LogP contribution < -0.4 is 26.6 Å². The van der Waals surface area contributed by atoms with E-state index in [1.165, 1.54) is 0 Å². The van der Waals surface area contributed by atoms with Crippen LogP contribution in [-0.4, -0.2) is 59.6 Å². The molecular formula is C14H27Cl2N5O2. The highest BCUT2D eigenvalue weighted by Gasteiger charge is 2.30. The van der Waals surface area contributed by atoms with Crippen LogP contribution in [0.3, 0.4) is 0 Å². The molecule has 2 fully saturated rings. The van der Waals surface area contributed by atoms with E-state index < -0.39 is 0 Å². The first-order valence-electron chi connectivity index (χ1n) is 8.19. The Morgan fingerprint density at radius 3 is 2.65 bits per heavy atom. The van der Waals surface area contributed by atoms with E-state index in [9.17, 15) is 4.79 Å². The van der Waals surface area contributed by atoms with Crippen LogP contribution in [0, 0.1) is 0 Å². The van der Waals surface area contributed by atoms with E-state index in [2.05, 4.69) is 33.5 Å². The van der Waals surface area contributed by atoms with Crippen LogP contribution in [0.15, 0.2) is 0 Å². The average Bonchev–Trinajstić information content (AvgIpc) is 2.48. The lowest BCUT2D eigenvalue weighted by Gasteiger charge is -2.37. The fourth-order valence-corrected chi connectivity index (χ4v) is 3.63. The lowest BCUT2D eigenvalue weighted by Crippen LogP contribution is -2.68. The van der Waals surface area contributed by atoms with Gasteiger partial charge in [-0.05, 0) is 32.6 Å². The molecule has 0 radical (unpaired) electrons. The molecule has 1 aliphatic carbocycles. The number of alkyl halides is 2. The molecule has 2 rings (SSSR count). The third kappa shape index (κ3) is 6.25. The van der Waals surface area contributed by atoms with Gasteiger partial charge < -0.3 is 15.7 Å². The van der Waals surface area contributed by atoms with Crippen LogP contribution in [0.2, 0.25) is 0 Å². The van der Waals surface area contributed by atoms with Crippen molar-refractivity contribution in [1.29, 1.82) is 0 Å². The number of hydrogen-bond donors (Lipinski definition) is 6. The Morgan fingerprint density at radius 1 is 1.17 bits per heavy atom. The Morgan fingerprint density at radius 2 is 1.96 bits per heavy atom. The monoisotopic (exact) mass is 367 g/mol. The minimum atomic E-state index is -0.328. The van der Waals surface area contributed by atoms with Crippen molar-refractivity contribution in [2.24, 2.45) is 0 Å². The van der Waals surface area contributed by atoms with E-state index in [4.69, 9.17) is 28.3 Å². The van der Waals surface area contributed by atoms with E-state index in [1.807, 2.05) is 0 Å². The Hall–Kier alpha value is -0.310. The zero-order valence-electron chi connectivity index (χ0n) is 13.3. The molecule has 1 saturated carbocycles. The molecule has 9 heteroatoms. The second kappa shape index (κ2) is 9.25. The molecule has 0 aromatic carbocycles. The summed E-state index contributed by atoms with van der Waals surface area (Å²) in [5, 5.41) is 24.3. The van der Waals surface area contributed by atoms with Crippen molar-refractivity contribution in [2.45, 2.75) is 67.9 Å². The van der Waals surface area contributed by atoms with Gasteiger partial charge in [-0.25, -0.2) is 4.79 Å². The van der Waals surface area contributed by atoms with Crippen LogP contribution in [0.4, 0.5) is 4.79 Å². The number of aliphatic hydroxyl groups excluding tert-OH is 1. The van der Waals surface area contributed by atoms with Crippen molar-refractivity contribution in [3.05, 3.63) is 0 Å². The van der Waals surface area contributed by atoms with Gasteiger partial charge in [0.2, 0.25) is 0 Å². The smallest absolute Gasteiger partial charge is 0.317 e. The van der Waals surface area contributed by atoms with E-state index >= 15 is 0 Å². The first-order chi connectivity index (χ1) is 11.0. The van der Waals surface area contributed by atoms with Crippen LogP contribution in [0.5, 0.6) is 0 Å². The summed E-state index contributed by atoms with van der Waals surface area (Å²) in [4.78, 5) is 12.2. The van der Waals surface area contributed by atoms with Gasteiger partial charge in [0.15, 0.2) is 0 Å². The van der Waals surface area contributed by atoms with Crippen molar-refractivity contribution in [1.82, 2.24) is 26.6 Å². The van der Waals surface area contributed by atoms with Crippen molar-refractivity contribution < 1.29 is 9.90 Å². The minimum Gasteiger partial charge on any atom is -0.395 e. The molecule has 0 aromatic heterocycles. The van der Waals surface area contributed by atoms with Gasteiger partial charge >= 0.3 is 6.03 Å². The molecular weight excluding hydrogens is 341 g/mol. The summed E-state index contributed by atoms with van der Waals surface area (Å²) >= 11 is 12.3. The van der Waals surface area contributed by atoms with Crippen LogP contribution >= 0.6 is 23.2 Å². The highest BCUT2D eigenvalue weighted by molar-refractivity contribution is 6.30. The van der Waals surface area contributed by atoms with Gasteiger partial charge in [0.1, 0.15) is 6.29 Å². The quantitative estimate of drug-likeness (QED) is 0.390. The zero-order chi connectivity index (χ0) is 16.8. The van der Waals surface area contributed by atoms with E-state index in [0.717, 1.165) is 19.3 Å². The highest BCUT2D eigenvalue weighted by Crippen LogP contribution is 2.27. The van der Waals surface area contributed by atoms with Gasteiger partial charge in [-0.1, -0.05) is 0 Å². The molecule has 6 atom stereocenters. The fourth-order valence-electron chi connectivity index (χ4n) is 3.06. The predicted octanol–water partition coefficient (Wildman–Crippen LogP) is 0.216. The molecule has 6 unspecified atom stereocenters. The summed E-state index contributed by atoms with van der Waals surface area (Å²) in [6.07, 6.45) is 2.92. The van der Waals surface area contributed by atoms with Crippen molar-refractivity contribution >= 4 is 29.2 Å². The Bertz CT molecular complexity index is 390. The van der Waals surface area contributed by atoms with Crippen molar-refractivity contribution in [3.63, 3.8) is 0 Å². The minimum absolute atomic E-state index is 0.0151. The number of amides is 2. The summed E-state index contributed by atoms with van der Waals surface area (Å²) < 4.78 is 0. The standard InChI is InChI=1S/C14H27Cl2N5O2/c1-8-6-12(17-4-5-22)20-13(18-8)21-14(23)19-9-2-3-10(15)11(16)7-9/h8-13,17-18,20,22H,2-7H2,1H3,(H2,19,21,23). The summed E-state index contributed by atoms with van der Waals surface area (Å²) in [6.45, 7) is 2.66. The molecule has 1 heterocycles. The second-order valence-corrected chi connectivity index (χ2v) is 7.41. The molecule has 0 spiro atoms. The summed E-state index contributed by atoms with van der Waals surface area (Å²) in [7, 11) is 0. The molecule has 1 aliphatic heterocycles.